The lowest BCUT2D eigenvalue weighted by atomic mass is 10.2. The van der Waals surface area contributed by atoms with Gasteiger partial charge in [0.15, 0.2) is 6.29 Å². The van der Waals surface area contributed by atoms with E-state index in [-0.39, 0.29) is 6.29 Å². The zero-order valence-electron chi connectivity index (χ0n) is 9.91. The SMILES string of the molecule is COC(CCCCCOC(C)C)OC. The Balaban J connectivity index is 3.12. The van der Waals surface area contributed by atoms with Gasteiger partial charge in [-0.15, -0.1) is 0 Å². The maximum atomic E-state index is 5.44. The van der Waals surface area contributed by atoms with Crippen molar-refractivity contribution in [1.82, 2.24) is 0 Å². The summed E-state index contributed by atoms with van der Waals surface area (Å²) < 4.78 is 15.6. The lowest BCUT2D eigenvalue weighted by Gasteiger charge is -2.12. The minimum atomic E-state index is -0.0407. The van der Waals surface area contributed by atoms with Gasteiger partial charge in [0.05, 0.1) is 6.10 Å². The van der Waals surface area contributed by atoms with Crippen LogP contribution in [0.4, 0.5) is 0 Å². The smallest absolute Gasteiger partial charge is 0.156 e. The molecule has 0 aliphatic carbocycles. The summed E-state index contributed by atoms with van der Waals surface area (Å²) in [7, 11) is 3.35. The Bertz CT molecular complexity index is 111. The van der Waals surface area contributed by atoms with Crippen molar-refractivity contribution >= 4 is 0 Å². The molecule has 86 valence electrons. The van der Waals surface area contributed by atoms with Gasteiger partial charge in [-0.3, -0.25) is 0 Å². The summed E-state index contributed by atoms with van der Waals surface area (Å²) in [5.41, 5.74) is 0. The molecule has 0 aromatic rings. The lowest BCUT2D eigenvalue weighted by Crippen LogP contribution is -2.12. The highest BCUT2D eigenvalue weighted by Crippen LogP contribution is 2.07. The van der Waals surface area contributed by atoms with Crippen LogP contribution in [0.25, 0.3) is 0 Å². The Hall–Kier alpha value is -0.120. The lowest BCUT2D eigenvalue weighted by molar-refractivity contribution is -0.107. The first-order chi connectivity index (χ1) is 6.70. The third-order valence-corrected chi connectivity index (χ3v) is 2.06. The summed E-state index contributed by atoms with van der Waals surface area (Å²) in [5, 5.41) is 0. The molecule has 0 rings (SSSR count). The number of rotatable bonds is 9. The van der Waals surface area contributed by atoms with Crippen LogP contribution >= 0.6 is 0 Å². The summed E-state index contributed by atoms with van der Waals surface area (Å²) in [6.07, 6.45) is 4.71. The van der Waals surface area contributed by atoms with Crippen LogP contribution in [-0.4, -0.2) is 33.2 Å². The molecule has 3 nitrogen and oxygen atoms in total. The molecule has 0 aliphatic rings. The first kappa shape index (κ1) is 13.9. The van der Waals surface area contributed by atoms with Crippen molar-refractivity contribution in [2.24, 2.45) is 0 Å². The van der Waals surface area contributed by atoms with E-state index in [1.165, 1.54) is 6.42 Å². The van der Waals surface area contributed by atoms with Gasteiger partial charge in [-0.25, -0.2) is 0 Å². The van der Waals surface area contributed by atoms with Crippen LogP contribution in [0.15, 0.2) is 0 Å². The quantitative estimate of drug-likeness (QED) is 0.427. The first-order valence-corrected chi connectivity index (χ1v) is 5.38. The highest BCUT2D eigenvalue weighted by Gasteiger charge is 2.03. The highest BCUT2D eigenvalue weighted by atomic mass is 16.7. The fourth-order valence-electron chi connectivity index (χ4n) is 1.24. The molecular weight excluding hydrogens is 180 g/mol. The van der Waals surface area contributed by atoms with E-state index in [9.17, 15) is 0 Å². The third-order valence-electron chi connectivity index (χ3n) is 2.06. The predicted molar refractivity (Wildman–Crippen MR) is 57.4 cm³/mol. The monoisotopic (exact) mass is 204 g/mol. The molecule has 0 amide bonds. The second-order valence-corrected chi connectivity index (χ2v) is 3.67. The van der Waals surface area contributed by atoms with E-state index in [4.69, 9.17) is 14.2 Å². The molecule has 0 fully saturated rings. The predicted octanol–water partition coefficient (Wildman–Crippen LogP) is 2.59. The Morgan fingerprint density at radius 1 is 0.929 bits per heavy atom. The van der Waals surface area contributed by atoms with Gasteiger partial charge in [0.1, 0.15) is 0 Å². The zero-order valence-corrected chi connectivity index (χ0v) is 9.91. The molecule has 0 spiro atoms. The van der Waals surface area contributed by atoms with E-state index in [1.807, 2.05) is 0 Å². The zero-order chi connectivity index (χ0) is 10.8. The Morgan fingerprint density at radius 2 is 1.57 bits per heavy atom. The molecule has 0 saturated heterocycles. The fourth-order valence-corrected chi connectivity index (χ4v) is 1.24. The topological polar surface area (TPSA) is 27.7 Å². The molecule has 0 N–H and O–H groups in total. The van der Waals surface area contributed by atoms with Gasteiger partial charge < -0.3 is 14.2 Å². The van der Waals surface area contributed by atoms with E-state index in [0.29, 0.717) is 6.10 Å². The van der Waals surface area contributed by atoms with Crippen LogP contribution in [0.5, 0.6) is 0 Å². The summed E-state index contributed by atoms with van der Waals surface area (Å²) in [6, 6.07) is 0. The molecule has 0 saturated carbocycles. The van der Waals surface area contributed by atoms with Gasteiger partial charge in [0.2, 0.25) is 0 Å². The number of ether oxygens (including phenoxy) is 3. The molecule has 0 heterocycles. The number of hydrogen-bond donors (Lipinski definition) is 0. The van der Waals surface area contributed by atoms with Gasteiger partial charge in [0, 0.05) is 20.8 Å². The van der Waals surface area contributed by atoms with Crippen molar-refractivity contribution in [2.45, 2.75) is 51.9 Å². The van der Waals surface area contributed by atoms with Crippen LogP contribution in [-0.2, 0) is 14.2 Å². The van der Waals surface area contributed by atoms with Crippen molar-refractivity contribution < 1.29 is 14.2 Å². The van der Waals surface area contributed by atoms with Crippen LogP contribution in [0.2, 0.25) is 0 Å². The van der Waals surface area contributed by atoms with E-state index < -0.39 is 0 Å². The minimum absolute atomic E-state index is 0.0407. The van der Waals surface area contributed by atoms with Gasteiger partial charge in [-0.05, 0) is 33.1 Å². The number of hydrogen-bond acceptors (Lipinski definition) is 3. The Kier molecular flexibility index (Phi) is 9.35. The standard InChI is InChI=1S/C11H24O3/c1-10(2)14-9-7-5-6-8-11(12-3)13-4/h10-11H,5-9H2,1-4H3. The van der Waals surface area contributed by atoms with Gasteiger partial charge in [-0.2, -0.15) is 0 Å². The van der Waals surface area contributed by atoms with E-state index in [2.05, 4.69) is 13.8 Å². The van der Waals surface area contributed by atoms with Gasteiger partial charge in [0.25, 0.3) is 0 Å². The molecular formula is C11H24O3. The van der Waals surface area contributed by atoms with Gasteiger partial charge in [-0.1, -0.05) is 6.42 Å². The van der Waals surface area contributed by atoms with Crippen LogP contribution in [0.1, 0.15) is 39.5 Å². The van der Waals surface area contributed by atoms with Crippen molar-refractivity contribution in [3.05, 3.63) is 0 Å². The highest BCUT2D eigenvalue weighted by molar-refractivity contribution is 4.47. The van der Waals surface area contributed by atoms with Gasteiger partial charge >= 0.3 is 0 Å². The maximum Gasteiger partial charge on any atom is 0.156 e. The summed E-state index contributed by atoms with van der Waals surface area (Å²) in [4.78, 5) is 0. The second-order valence-electron chi connectivity index (χ2n) is 3.67. The molecule has 0 bridgehead atoms. The van der Waals surface area contributed by atoms with Crippen LogP contribution in [0, 0.1) is 0 Å². The average Bonchev–Trinajstić information content (AvgIpc) is 2.16. The normalized spacial score (nSPS) is 11.6. The van der Waals surface area contributed by atoms with E-state index >= 15 is 0 Å². The van der Waals surface area contributed by atoms with Crippen molar-refractivity contribution in [2.75, 3.05) is 20.8 Å². The molecule has 0 aromatic heterocycles. The molecule has 0 radical (unpaired) electrons. The summed E-state index contributed by atoms with van der Waals surface area (Å²) in [5.74, 6) is 0. The summed E-state index contributed by atoms with van der Waals surface area (Å²) >= 11 is 0. The van der Waals surface area contributed by atoms with Crippen molar-refractivity contribution in [3.63, 3.8) is 0 Å². The molecule has 0 aliphatic heterocycles. The molecule has 0 aromatic carbocycles. The van der Waals surface area contributed by atoms with Crippen LogP contribution in [0.3, 0.4) is 0 Å². The minimum Gasteiger partial charge on any atom is -0.379 e. The number of unbranched alkanes of at least 4 members (excludes halogenated alkanes) is 2. The van der Waals surface area contributed by atoms with Crippen molar-refractivity contribution in [1.29, 1.82) is 0 Å². The second kappa shape index (κ2) is 9.44. The first-order valence-electron chi connectivity index (χ1n) is 5.38. The Morgan fingerprint density at radius 3 is 2.07 bits per heavy atom. The van der Waals surface area contributed by atoms with Crippen LogP contribution < -0.4 is 0 Å². The van der Waals surface area contributed by atoms with E-state index in [1.54, 1.807) is 14.2 Å². The average molecular weight is 204 g/mol. The summed E-state index contributed by atoms with van der Waals surface area (Å²) in [6.45, 7) is 4.99. The molecule has 14 heavy (non-hydrogen) atoms. The van der Waals surface area contributed by atoms with Crippen molar-refractivity contribution in [3.8, 4) is 0 Å². The molecule has 0 unspecified atom stereocenters. The van der Waals surface area contributed by atoms with E-state index in [0.717, 1.165) is 25.9 Å². The maximum absolute atomic E-state index is 5.44. The molecule has 0 atom stereocenters. The third kappa shape index (κ3) is 8.48. The Labute approximate surface area is 87.7 Å². The fraction of sp³-hybridized carbons (Fsp3) is 1.00. The number of methoxy groups -OCH3 is 2. The molecule has 3 heteroatoms. The largest absolute Gasteiger partial charge is 0.379 e.